The zero-order chi connectivity index (χ0) is 18.9. The van der Waals surface area contributed by atoms with Gasteiger partial charge in [-0.3, -0.25) is 4.79 Å². The Labute approximate surface area is 158 Å². The van der Waals surface area contributed by atoms with Gasteiger partial charge in [0.1, 0.15) is 11.5 Å². The monoisotopic (exact) mass is 360 g/mol. The Morgan fingerprint density at radius 3 is 1.85 bits per heavy atom. The maximum atomic E-state index is 12.1. The van der Waals surface area contributed by atoms with E-state index in [4.69, 9.17) is 9.47 Å². The lowest BCUT2D eigenvalue weighted by atomic mass is 10.0. The van der Waals surface area contributed by atoms with Crippen molar-refractivity contribution in [2.24, 2.45) is 5.10 Å². The van der Waals surface area contributed by atoms with Gasteiger partial charge in [0.05, 0.1) is 12.8 Å². The molecule has 0 saturated heterocycles. The van der Waals surface area contributed by atoms with Crippen LogP contribution in [-0.4, -0.2) is 25.3 Å². The predicted molar refractivity (Wildman–Crippen MR) is 105 cm³/mol. The Morgan fingerprint density at radius 2 is 1.33 bits per heavy atom. The number of carbonyl (C=O) groups excluding carboxylic acids is 1. The van der Waals surface area contributed by atoms with Gasteiger partial charge in [0.25, 0.3) is 5.91 Å². The van der Waals surface area contributed by atoms with Crippen LogP contribution < -0.4 is 14.9 Å². The van der Waals surface area contributed by atoms with E-state index < -0.39 is 0 Å². The predicted octanol–water partition coefficient (Wildman–Crippen LogP) is 3.64. The second kappa shape index (κ2) is 9.20. The first-order valence-electron chi connectivity index (χ1n) is 8.50. The van der Waals surface area contributed by atoms with Crippen LogP contribution in [0.5, 0.6) is 11.5 Å². The van der Waals surface area contributed by atoms with Crippen molar-refractivity contribution in [1.82, 2.24) is 5.43 Å². The van der Waals surface area contributed by atoms with Gasteiger partial charge in [0.15, 0.2) is 6.61 Å². The van der Waals surface area contributed by atoms with Crippen LogP contribution in [0.1, 0.15) is 11.1 Å². The molecule has 0 bridgehead atoms. The minimum Gasteiger partial charge on any atom is -0.497 e. The van der Waals surface area contributed by atoms with Gasteiger partial charge in [-0.05, 0) is 24.3 Å². The summed E-state index contributed by atoms with van der Waals surface area (Å²) in [6.45, 7) is -0.132. The molecule has 3 aromatic rings. The lowest BCUT2D eigenvalue weighted by molar-refractivity contribution is -0.123. The van der Waals surface area contributed by atoms with Crippen molar-refractivity contribution >= 4 is 11.6 Å². The van der Waals surface area contributed by atoms with Crippen molar-refractivity contribution < 1.29 is 14.3 Å². The molecule has 0 aromatic heterocycles. The number of nitrogens with one attached hydrogen (secondary N) is 1. The first-order chi connectivity index (χ1) is 13.3. The number of benzene rings is 3. The Hall–Kier alpha value is -3.60. The van der Waals surface area contributed by atoms with Crippen LogP contribution in [0, 0.1) is 0 Å². The van der Waals surface area contributed by atoms with E-state index in [9.17, 15) is 4.79 Å². The lowest BCUT2D eigenvalue weighted by Gasteiger charge is -2.09. The molecule has 0 aliphatic heterocycles. The normalized spacial score (nSPS) is 9.96. The van der Waals surface area contributed by atoms with Crippen molar-refractivity contribution in [3.63, 3.8) is 0 Å². The molecule has 0 heterocycles. The molecule has 1 N–H and O–H groups in total. The van der Waals surface area contributed by atoms with E-state index in [1.54, 1.807) is 31.4 Å². The number of hydrogen-bond acceptors (Lipinski definition) is 4. The number of hydrazone groups is 1. The number of nitrogens with zero attached hydrogens (tertiary/aromatic N) is 1. The molecule has 1 amide bonds. The van der Waals surface area contributed by atoms with E-state index in [1.807, 2.05) is 60.7 Å². The third-order valence-electron chi connectivity index (χ3n) is 3.82. The van der Waals surface area contributed by atoms with Crippen LogP contribution in [0.2, 0.25) is 0 Å². The van der Waals surface area contributed by atoms with E-state index in [1.165, 1.54) is 0 Å². The quantitative estimate of drug-likeness (QED) is 0.517. The zero-order valence-electron chi connectivity index (χ0n) is 15.0. The van der Waals surface area contributed by atoms with Gasteiger partial charge >= 0.3 is 0 Å². The molecule has 5 heteroatoms. The van der Waals surface area contributed by atoms with Crippen LogP contribution >= 0.6 is 0 Å². The molecule has 136 valence electrons. The summed E-state index contributed by atoms with van der Waals surface area (Å²) in [6, 6.07) is 26.4. The highest BCUT2D eigenvalue weighted by molar-refractivity contribution is 6.13. The average Bonchev–Trinajstić information content (AvgIpc) is 2.74. The van der Waals surface area contributed by atoms with Crippen molar-refractivity contribution in [2.45, 2.75) is 0 Å². The third kappa shape index (κ3) is 5.19. The highest BCUT2D eigenvalue weighted by Crippen LogP contribution is 2.16. The second-order valence-corrected chi connectivity index (χ2v) is 5.69. The summed E-state index contributed by atoms with van der Waals surface area (Å²) < 4.78 is 10.6. The third-order valence-corrected chi connectivity index (χ3v) is 3.82. The maximum absolute atomic E-state index is 12.1. The average molecular weight is 360 g/mol. The Morgan fingerprint density at radius 1 is 0.815 bits per heavy atom. The molecule has 0 saturated carbocycles. The fourth-order valence-electron chi connectivity index (χ4n) is 2.46. The summed E-state index contributed by atoms with van der Waals surface area (Å²) in [6.07, 6.45) is 0. The van der Waals surface area contributed by atoms with Gasteiger partial charge in [-0.15, -0.1) is 0 Å². The van der Waals surface area contributed by atoms with Gasteiger partial charge in [0.2, 0.25) is 0 Å². The molecule has 5 nitrogen and oxygen atoms in total. The van der Waals surface area contributed by atoms with Crippen LogP contribution in [-0.2, 0) is 4.79 Å². The van der Waals surface area contributed by atoms with Gasteiger partial charge < -0.3 is 9.47 Å². The molecule has 0 atom stereocenters. The second-order valence-electron chi connectivity index (χ2n) is 5.69. The molecule has 3 aromatic carbocycles. The van der Waals surface area contributed by atoms with Gasteiger partial charge in [-0.25, -0.2) is 5.43 Å². The maximum Gasteiger partial charge on any atom is 0.277 e. The summed E-state index contributed by atoms with van der Waals surface area (Å²) in [4.78, 5) is 12.1. The summed E-state index contributed by atoms with van der Waals surface area (Å²) in [5.41, 5.74) is 5.09. The van der Waals surface area contributed by atoms with E-state index in [0.717, 1.165) is 16.9 Å². The SMILES string of the molecule is COc1ccc(OCC(=O)NN=C(c2ccccc2)c2ccccc2)cc1. The summed E-state index contributed by atoms with van der Waals surface area (Å²) in [7, 11) is 1.60. The van der Waals surface area contributed by atoms with Crippen molar-refractivity contribution in [3.05, 3.63) is 96.1 Å². The summed E-state index contributed by atoms with van der Waals surface area (Å²) in [5, 5.41) is 4.32. The van der Waals surface area contributed by atoms with Crippen LogP contribution in [0.25, 0.3) is 0 Å². The standard InChI is InChI=1S/C22H20N2O3/c1-26-19-12-14-20(15-13-19)27-16-21(25)23-24-22(17-8-4-2-5-9-17)18-10-6-3-7-11-18/h2-15H,16H2,1H3,(H,23,25). The Bertz CT molecular complexity index is 850. The number of hydrogen-bond donors (Lipinski definition) is 1. The first-order valence-corrected chi connectivity index (χ1v) is 8.50. The highest BCUT2D eigenvalue weighted by atomic mass is 16.5. The first kappa shape index (κ1) is 18.2. The van der Waals surface area contributed by atoms with E-state index in [2.05, 4.69) is 10.5 Å². The smallest absolute Gasteiger partial charge is 0.277 e. The molecular formula is C22H20N2O3. The van der Waals surface area contributed by atoms with Crippen molar-refractivity contribution in [1.29, 1.82) is 0 Å². The summed E-state index contributed by atoms with van der Waals surface area (Å²) >= 11 is 0. The van der Waals surface area contributed by atoms with Gasteiger partial charge in [-0.1, -0.05) is 60.7 Å². The molecule has 0 radical (unpaired) electrons. The van der Waals surface area contributed by atoms with Crippen LogP contribution in [0.3, 0.4) is 0 Å². The number of amides is 1. The van der Waals surface area contributed by atoms with E-state index in [0.29, 0.717) is 11.5 Å². The molecule has 0 aliphatic carbocycles. The largest absolute Gasteiger partial charge is 0.497 e. The summed E-state index contributed by atoms with van der Waals surface area (Å²) in [5.74, 6) is 0.975. The topological polar surface area (TPSA) is 59.9 Å². The minimum absolute atomic E-state index is 0.132. The minimum atomic E-state index is -0.338. The molecular weight excluding hydrogens is 340 g/mol. The van der Waals surface area contributed by atoms with Crippen LogP contribution in [0.4, 0.5) is 0 Å². The van der Waals surface area contributed by atoms with Gasteiger partial charge in [-0.2, -0.15) is 5.10 Å². The molecule has 0 spiro atoms. The Kier molecular flexibility index (Phi) is 6.20. The number of methoxy groups -OCH3 is 1. The number of rotatable bonds is 7. The van der Waals surface area contributed by atoms with Crippen molar-refractivity contribution in [3.8, 4) is 11.5 Å². The van der Waals surface area contributed by atoms with Crippen molar-refractivity contribution in [2.75, 3.05) is 13.7 Å². The zero-order valence-corrected chi connectivity index (χ0v) is 15.0. The fraction of sp³-hybridized carbons (Fsp3) is 0.0909. The van der Waals surface area contributed by atoms with Crippen LogP contribution in [0.15, 0.2) is 90.0 Å². The molecule has 3 rings (SSSR count). The molecule has 0 fully saturated rings. The molecule has 0 aliphatic rings. The highest BCUT2D eigenvalue weighted by Gasteiger charge is 2.08. The van der Waals surface area contributed by atoms with E-state index in [-0.39, 0.29) is 12.5 Å². The van der Waals surface area contributed by atoms with E-state index >= 15 is 0 Å². The van der Waals surface area contributed by atoms with Gasteiger partial charge in [0, 0.05) is 11.1 Å². The Balaban J connectivity index is 1.67. The number of ether oxygens (including phenoxy) is 2. The molecule has 0 unspecified atom stereocenters. The fourth-order valence-corrected chi connectivity index (χ4v) is 2.46. The molecule has 27 heavy (non-hydrogen) atoms. The lowest BCUT2D eigenvalue weighted by Crippen LogP contribution is -2.26. The number of carbonyl (C=O) groups is 1.